The van der Waals surface area contributed by atoms with E-state index in [1.807, 2.05) is 36.5 Å². The summed E-state index contributed by atoms with van der Waals surface area (Å²) in [6, 6.07) is 23.8. The van der Waals surface area contributed by atoms with E-state index in [4.69, 9.17) is 10.2 Å². The molecule has 3 aromatic rings. The third-order valence-electron chi connectivity index (χ3n) is 3.91. The predicted molar refractivity (Wildman–Crippen MR) is 110 cm³/mol. The molecule has 0 saturated heterocycles. The maximum absolute atomic E-state index is 8.56. The maximum Gasteiger partial charge on any atom is 0.135 e. The summed E-state index contributed by atoms with van der Waals surface area (Å²) in [6.45, 7) is 3.32. The van der Waals surface area contributed by atoms with Gasteiger partial charge in [0.05, 0.1) is 17.9 Å². The summed E-state index contributed by atoms with van der Waals surface area (Å²) in [6.07, 6.45) is 1.54. The van der Waals surface area contributed by atoms with Gasteiger partial charge in [0.25, 0.3) is 0 Å². The molecule has 0 radical (unpaired) electrons. The van der Waals surface area contributed by atoms with Gasteiger partial charge in [0.2, 0.25) is 0 Å². The monoisotopic (exact) mass is 574 g/mol. The molecule has 2 heterocycles. The fraction of sp³-hybridized carbons (Fsp3) is 0.227. The van der Waals surface area contributed by atoms with Gasteiger partial charge in [0.1, 0.15) is 5.82 Å². The van der Waals surface area contributed by atoms with Crippen molar-refractivity contribution in [3.05, 3.63) is 72.9 Å². The Morgan fingerprint density at radius 2 is 1.64 bits per heavy atom. The van der Waals surface area contributed by atoms with Crippen molar-refractivity contribution >= 4 is 29.0 Å². The molecule has 2 aromatic carbocycles. The molecule has 2 atom stereocenters. The number of hydrogen-bond acceptors (Lipinski definition) is 5. The molecule has 1 aliphatic heterocycles. The topological polar surface area (TPSA) is 56.6 Å². The molecule has 0 bridgehead atoms. The molecule has 4 nitrogen and oxygen atoms in total. The van der Waals surface area contributed by atoms with Crippen LogP contribution >= 0.6 is 11.8 Å². The normalized spacial score (nSPS) is 13.8. The van der Waals surface area contributed by atoms with Crippen molar-refractivity contribution < 1.29 is 31.3 Å². The second-order valence-corrected chi connectivity index (χ2v) is 7.49. The number of anilines is 3. The van der Waals surface area contributed by atoms with Gasteiger partial charge in [-0.05, 0) is 44.5 Å². The van der Waals surface area contributed by atoms with Gasteiger partial charge >= 0.3 is 0 Å². The Morgan fingerprint density at radius 1 is 0.964 bits per heavy atom. The minimum atomic E-state index is -0.375. The molecule has 1 aliphatic rings. The number of fused-ring (bicyclic) bond motifs is 2. The van der Waals surface area contributed by atoms with Crippen molar-refractivity contribution in [2.24, 2.45) is 0 Å². The van der Waals surface area contributed by atoms with Gasteiger partial charge in [0, 0.05) is 32.2 Å². The van der Waals surface area contributed by atoms with Crippen LogP contribution in [0.15, 0.2) is 76.7 Å². The van der Waals surface area contributed by atoms with E-state index in [0.717, 1.165) is 17.2 Å². The molecule has 0 amide bonds. The van der Waals surface area contributed by atoms with Gasteiger partial charge in [-0.2, -0.15) is 36.0 Å². The van der Waals surface area contributed by atoms with Crippen LogP contribution in [0, 0.1) is 6.07 Å². The maximum atomic E-state index is 8.56. The van der Waals surface area contributed by atoms with E-state index in [1.165, 1.54) is 9.79 Å². The Balaban J connectivity index is 0.000000306. The number of aromatic nitrogens is 1. The van der Waals surface area contributed by atoms with Crippen molar-refractivity contribution in [3.63, 3.8) is 0 Å². The first-order valence-electron chi connectivity index (χ1n) is 8.91. The van der Waals surface area contributed by atoms with Crippen LogP contribution in [0.2, 0.25) is 0 Å². The summed E-state index contributed by atoms with van der Waals surface area (Å²) in [5.41, 5.74) is 2.22. The number of aliphatic hydroxyl groups excluding tert-OH is 2. The van der Waals surface area contributed by atoms with Crippen molar-refractivity contribution in [2.75, 3.05) is 4.90 Å². The molecule has 6 heteroatoms. The Morgan fingerprint density at radius 3 is 2.29 bits per heavy atom. The third-order valence-corrected chi connectivity index (χ3v) is 5.02. The quantitative estimate of drug-likeness (QED) is 0.339. The number of pyridine rings is 1. The Labute approximate surface area is 184 Å². The third kappa shape index (κ3) is 5.68. The second kappa shape index (κ2) is 10.8. The number of hydrogen-bond donors (Lipinski definition) is 2. The average Bonchev–Trinajstić information content (AvgIpc) is 2.66. The Hall–Kier alpha value is -1.65. The van der Waals surface area contributed by atoms with Gasteiger partial charge in [-0.25, -0.2) is 4.98 Å². The zero-order valence-electron chi connectivity index (χ0n) is 15.7. The van der Waals surface area contributed by atoms with Crippen LogP contribution in [0.4, 0.5) is 17.2 Å². The van der Waals surface area contributed by atoms with E-state index >= 15 is 0 Å². The molecule has 150 valence electrons. The fourth-order valence-electron chi connectivity index (χ4n) is 2.85. The number of aliphatic hydroxyl groups is 2. The first kappa shape index (κ1) is 22.6. The second-order valence-electron chi connectivity index (χ2n) is 6.41. The molecule has 0 aliphatic carbocycles. The molecule has 2 unspecified atom stereocenters. The van der Waals surface area contributed by atoms with Gasteiger partial charge in [0.15, 0.2) is 0 Å². The summed E-state index contributed by atoms with van der Waals surface area (Å²) >= 11 is 1.78. The Kier molecular flexibility index (Phi) is 8.71. The van der Waals surface area contributed by atoms with Gasteiger partial charge in [-0.15, -0.1) is 0 Å². The summed E-state index contributed by atoms with van der Waals surface area (Å²) in [5.74, 6) is 0.920. The van der Waals surface area contributed by atoms with E-state index in [-0.39, 0.29) is 33.3 Å². The first-order chi connectivity index (χ1) is 13.1. The molecule has 4 rings (SSSR count). The van der Waals surface area contributed by atoms with Crippen LogP contribution in [0.25, 0.3) is 0 Å². The summed E-state index contributed by atoms with van der Waals surface area (Å²) in [5, 5.41) is 17.1. The van der Waals surface area contributed by atoms with Crippen molar-refractivity contribution in [1.29, 1.82) is 0 Å². The average molecular weight is 575 g/mol. The fourth-order valence-corrected chi connectivity index (χ4v) is 3.90. The van der Waals surface area contributed by atoms with Crippen LogP contribution in [0.3, 0.4) is 0 Å². The first-order valence-corrected chi connectivity index (χ1v) is 9.73. The van der Waals surface area contributed by atoms with Crippen LogP contribution < -0.4 is 4.90 Å². The minimum Gasteiger partial charge on any atom is -0.393 e. The molecular weight excluding hydrogens is 551 g/mol. The molecule has 0 fully saturated rings. The number of para-hydroxylation sites is 2. The number of nitrogens with zero attached hydrogens (tertiary/aromatic N) is 2. The largest absolute Gasteiger partial charge is 0.393 e. The molecular formula is C22H23N2O2PtS-. The van der Waals surface area contributed by atoms with Gasteiger partial charge in [-0.3, -0.25) is 0 Å². The van der Waals surface area contributed by atoms with Gasteiger partial charge < -0.3 is 15.1 Å². The zero-order chi connectivity index (χ0) is 19.2. The van der Waals surface area contributed by atoms with Crippen molar-refractivity contribution in [3.8, 4) is 0 Å². The van der Waals surface area contributed by atoms with Crippen LogP contribution in [-0.4, -0.2) is 27.4 Å². The van der Waals surface area contributed by atoms with Crippen molar-refractivity contribution in [2.45, 2.75) is 42.3 Å². The molecule has 1 aromatic heterocycles. The van der Waals surface area contributed by atoms with Crippen LogP contribution in [0.1, 0.15) is 20.3 Å². The minimum absolute atomic E-state index is 0. The standard InChI is InChI=1S/C17H11N2S.C5H12O2.Pt/c1-3-9-15-13(7-1)19(17-11-5-6-12-18-17)14-8-2-4-10-16(14)20-15;1-4(6)3-5(2)7;/h1-7,9-12H;4-7H,3H2,1-2H3;/q-1;;. The van der Waals surface area contributed by atoms with E-state index in [2.05, 4.69) is 46.3 Å². The summed E-state index contributed by atoms with van der Waals surface area (Å²) < 4.78 is 0. The van der Waals surface area contributed by atoms with Crippen LogP contribution in [0.5, 0.6) is 0 Å². The number of benzene rings is 2. The van der Waals surface area contributed by atoms with Gasteiger partial charge in [-0.1, -0.05) is 28.8 Å². The van der Waals surface area contributed by atoms with Crippen molar-refractivity contribution in [1.82, 2.24) is 4.98 Å². The van der Waals surface area contributed by atoms with E-state index in [1.54, 1.807) is 25.6 Å². The zero-order valence-corrected chi connectivity index (χ0v) is 18.8. The smallest absolute Gasteiger partial charge is 0.135 e. The van der Waals surface area contributed by atoms with E-state index in [0.29, 0.717) is 6.42 Å². The number of rotatable bonds is 3. The van der Waals surface area contributed by atoms with E-state index < -0.39 is 0 Å². The molecule has 0 spiro atoms. The molecule has 0 saturated carbocycles. The van der Waals surface area contributed by atoms with E-state index in [9.17, 15) is 0 Å². The summed E-state index contributed by atoms with van der Waals surface area (Å²) in [7, 11) is 0. The molecule has 28 heavy (non-hydrogen) atoms. The Bertz CT molecular complexity index is 824. The SMILES string of the molecule is CC(O)CC(C)O.[Pt].[c-]1cccc2c1N(c1ccccn1)c1ccccc1S2. The predicted octanol–water partition coefficient (Wildman–Crippen LogP) is 4.95. The summed E-state index contributed by atoms with van der Waals surface area (Å²) in [4.78, 5) is 9.11. The van der Waals surface area contributed by atoms with Crippen LogP contribution in [-0.2, 0) is 21.1 Å². The molecule has 2 N–H and O–H groups in total.